The van der Waals surface area contributed by atoms with Crippen LogP contribution in [0.25, 0.3) is 5.41 Å². The fourth-order valence-electron chi connectivity index (χ4n) is 4.48. The zero-order valence-corrected chi connectivity index (χ0v) is 22.2. The maximum atomic E-state index is 7.13. The summed E-state index contributed by atoms with van der Waals surface area (Å²) < 4.78 is 1.38. The first-order valence-electron chi connectivity index (χ1n) is 13.5. The van der Waals surface area contributed by atoms with Crippen molar-refractivity contribution >= 4 is 17.4 Å². The number of quaternary nitrogens is 1. The molecule has 0 bridgehead atoms. The van der Waals surface area contributed by atoms with Gasteiger partial charge in [-0.3, -0.25) is 0 Å². The van der Waals surface area contributed by atoms with E-state index in [2.05, 4.69) is 39.9 Å². The highest BCUT2D eigenvalue weighted by molar-refractivity contribution is 7.78. The Hall–Kier alpha value is -0.240. The number of unbranched alkanes of at least 4 members (excludes halogenated alkanes) is 16. The Kier molecular flexibility index (Phi) is 28.5. The van der Waals surface area contributed by atoms with E-state index in [1.165, 1.54) is 151 Å². The minimum absolute atomic E-state index is 1.33. The maximum absolute atomic E-state index is 7.13. The first-order valence-corrected chi connectivity index (χ1v) is 13.9. The zero-order valence-electron chi connectivity index (χ0n) is 21.4. The molecule has 0 aliphatic rings. The van der Waals surface area contributed by atoms with Crippen molar-refractivity contribution in [2.75, 3.05) is 26.2 Å². The predicted molar refractivity (Wildman–Crippen MR) is 141 cm³/mol. The summed E-state index contributed by atoms with van der Waals surface area (Å²) in [5, 5.41) is 8.47. The van der Waals surface area contributed by atoms with Gasteiger partial charge in [-0.25, -0.2) is 0 Å². The van der Waals surface area contributed by atoms with Crippen LogP contribution in [0.1, 0.15) is 143 Å². The third-order valence-electron chi connectivity index (χ3n) is 6.81. The van der Waals surface area contributed by atoms with Crippen LogP contribution in [0.5, 0.6) is 0 Å². The van der Waals surface area contributed by atoms with Crippen LogP contribution in [0.2, 0.25) is 0 Å². The molecule has 0 aromatic rings. The molecule has 0 radical (unpaired) electrons. The van der Waals surface area contributed by atoms with Crippen molar-refractivity contribution < 1.29 is 4.48 Å². The van der Waals surface area contributed by atoms with Crippen molar-refractivity contribution in [3.8, 4) is 0 Å². The lowest BCUT2D eigenvalue weighted by Gasteiger charge is -2.37. The van der Waals surface area contributed by atoms with Crippen molar-refractivity contribution in [1.82, 2.24) is 0 Å². The third-order valence-corrected chi connectivity index (χ3v) is 6.81. The molecule has 30 heavy (non-hydrogen) atoms. The molecule has 0 heterocycles. The maximum Gasteiger partial charge on any atom is 0.0786 e. The lowest BCUT2D eigenvalue weighted by atomic mass is 10.1. The first-order chi connectivity index (χ1) is 14.7. The fourth-order valence-corrected chi connectivity index (χ4v) is 4.48. The molecule has 0 N–H and O–H groups in total. The molecule has 0 aromatic carbocycles. The second-order valence-electron chi connectivity index (χ2n) is 9.17. The van der Waals surface area contributed by atoms with Gasteiger partial charge in [-0.1, -0.05) is 116 Å². The van der Waals surface area contributed by atoms with Gasteiger partial charge in [0.1, 0.15) is 0 Å². The summed E-state index contributed by atoms with van der Waals surface area (Å²) in [6.45, 7) is 15.0. The van der Waals surface area contributed by atoms with Gasteiger partial charge in [0.15, 0.2) is 0 Å². The van der Waals surface area contributed by atoms with Gasteiger partial charge >= 0.3 is 0 Å². The molecule has 0 amide bonds. The van der Waals surface area contributed by atoms with Crippen LogP contribution in [0.3, 0.4) is 0 Å². The summed E-state index contributed by atoms with van der Waals surface area (Å²) in [6.07, 6.45) is 26.1. The molecule has 0 aromatic heterocycles. The minimum atomic E-state index is 1.33. The Bertz CT molecular complexity index is 323. The highest BCUT2D eigenvalue weighted by Crippen LogP contribution is 2.16. The molecule has 0 saturated heterocycles. The molecule has 0 aliphatic heterocycles. The zero-order chi connectivity index (χ0) is 22.8. The third kappa shape index (κ3) is 22.4. The van der Waals surface area contributed by atoms with Crippen LogP contribution in [-0.4, -0.2) is 35.8 Å². The van der Waals surface area contributed by atoms with E-state index < -0.39 is 0 Å². The van der Waals surface area contributed by atoms with E-state index in [0.29, 0.717) is 0 Å². The molecule has 0 rings (SSSR count). The SMILES string of the molecule is CCCCCCCCCCC[N+](CC)(CC)CCCCCCCCCCC.[N-]=C=S. The van der Waals surface area contributed by atoms with Crippen molar-refractivity contribution in [2.24, 2.45) is 0 Å². The molecule has 0 spiro atoms. The molecular weight excluding hydrogens is 384 g/mol. The van der Waals surface area contributed by atoms with Crippen molar-refractivity contribution in [3.05, 3.63) is 5.41 Å². The van der Waals surface area contributed by atoms with Gasteiger partial charge in [0.2, 0.25) is 0 Å². The molecular formula is C27H56N2S. The molecule has 0 aliphatic carbocycles. The summed E-state index contributed by atoms with van der Waals surface area (Å²) in [5.74, 6) is 0. The van der Waals surface area contributed by atoms with Gasteiger partial charge in [0.25, 0.3) is 0 Å². The number of nitrogens with zero attached hydrogens (tertiary/aromatic N) is 2. The predicted octanol–water partition coefficient (Wildman–Crippen LogP) is 9.56. The summed E-state index contributed by atoms with van der Waals surface area (Å²) >= 11 is 3.70. The van der Waals surface area contributed by atoms with Crippen LogP contribution in [0, 0.1) is 0 Å². The van der Waals surface area contributed by atoms with Crippen molar-refractivity contribution in [2.45, 2.75) is 143 Å². The van der Waals surface area contributed by atoms with E-state index in [4.69, 9.17) is 5.41 Å². The molecule has 0 atom stereocenters. The van der Waals surface area contributed by atoms with Crippen LogP contribution < -0.4 is 0 Å². The monoisotopic (exact) mass is 440 g/mol. The lowest BCUT2D eigenvalue weighted by Crippen LogP contribution is -2.49. The molecule has 0 saturated carbocycles. The van der Waals surface area contributed by atoms with Crippen molar-refractivity contribution in [1.29, 1.82) is 0 Å². The van der Waals surface area contributed by atoms with E-state index in [1.807, 2.05) is 0 Å². The van der Waals surface area contributed by atoms with Crippen LogP contribution >= 0.6 is 12.2 Å². The fraction of sp³-hybridized carbons (Fsp3) is 0.963. The normalized spacial score (nSPS) is 11.1. The molecule has 0 fully saturated rings. The van der Waals surface area contributed by atoms with Gasteiger partial charge in [0.05, 0.1) is 26.2 Å². The lowest BCUT2D eigenvalue weighted by molar-refractivity contribution is -0.925. The average Bonchev–Trinajstić information content (AvgIpc) is 2.76. The average molecular weight is 441 g/mol. The number of isothiocyanates is 1. The van der Waals surface area contributed by atoms with E-state index in [9.17, 15) is 0 Å². The van der Waals surface area contributed by atoms with Crippen LogP contribution in [0.15, 0.2) is 0 Å². The Labute approximate surface area is 196 Å². The standard InChI is InChI=1S/C26H56N.CNS/c1-5-9-11-13-15-17-19-21-23-25-27(7-3,8-4)26-24-22-20-18-16-14-12-10-6-2;2-1-3/h5-26H2,1-4H3;/q+1;-1. The van der Waals surface area contributed by atoms with Crippen molar-refractivity contribution in [3.63, 3.8) is 0 Å². The number of hydrogen-bond donors (Lipinski definition) is 0. The van der Waals surface area contributed by atoms with Gasteiger partial charge < -0.3 is 9.89 Å². The Morgan fingerprint density at radius 1 is 0.500 bits per heavy atom. The van der Waals surface area contributed by atoms with Gasteiger partial charge in [0, 0.05) is 0 Å². The summed E-state index contributed by atoms with van der Waals surface area (Å²) in [7, 11) is 0. The number of hydrogen-bond acceptors (Lipinski definition) is 1. The van der Waals surface area contributed by atoms with Gasteiger partial charge in [-0.2, -0.15) is 5.16 Å². The Balaban J connectivity index is 0. The topological polar surface area (TPSA) is 22.3 Å². The molecule has 0 unspecified atom stereocenters. The largest absolute Gasteiger partial charge is 0.753 e. The number of rotatable bonds is 22. The Morgan fingerprint density at radius 3 is 0.967 bits per heavy atom. The van der Waals surface area contributed by atoms with Crippen LogP contribution in [-0.2, 0) is 0 Å². The second-order valence-corrected chi connectivity index (χ2v) is 9.35. The second kappa shape index (κ2) is 26.8. The van der Waals surface area contributed by atoms with E-state index in [0.717, 1.165) is 0 Å². The smallest absolute Gasteiger partial charge is 0.0786 e. The van der Waals surface area contributed by atoms with E-state index in [1.54, 1.807) is 0 Å². The molecule has 2 nitrogen and oxygen atoms in total. The quantitative estimate of drug-likeness (QED) is 0.0710. The highest BCUT2D eigenvalue weighted by atomic mass is 32.1. The molecule has 3 heteroatoms. The molecule has 180 valence electrons. The van der Waals surface area contributed by atoms with Gasteiger partial charge in [-0.05, 0) is 39.5 Å². The summed E-state index contributed by atoms with van der Waals surface area (Å²) in [6, 6.07) is 0. The van der Waals surface area contributed by atoms with E-state index >= 15 is 0 Å². The van der Waals surface area contributed by atoms with E-state index in [-0.39, 0.29) is 0 Å². The summed E-state index contributed by atoms with van der Waals surface area (Å²) in [4.78, 5) is 0. The van der Waals surface area contributed by atoms with Crippen LogP contribution in [0.4, 0.5) is 0 Å². The minimum Gasteiger partial charge on any atom is -0.753 e. The Morgan fingerprint density at radius 2 is 0.733 bits per heavy atom. The summed E-state index contributed by atoms with van der Waals surface area (Å²) in [5.41, 5.74) is 0. The highest BCUT2D eigenvalue weighted by Gasteiger charge is 2.21. The first kappa shape index (κ1) is 31.9. The number of thiocarbonyl (C=S) groups is 1. The van der Waals surface area contributed by atoms with Gasteiger partial charge in [-0.15, -0.1) is 0 Å².